The summed E-state index contributed by atoms with van der Waals surface area (Å²) in [6.07, 6.45) is 7.73. The molecule has 12 heteroatoms. The van der Waals surface area contributed by atoms with Gasteiger partial charge in [0.15, 0.2) is 0 Å². The van der Waals surface area contributed by atoms with Crippen molar-refractivity contribution in [1.29, 1.82) is 0 Å². The number of hydrogen-bond acceptors (Lipinski definition) is 7. The van der Waals surface area contributed by atoms with Gasteiger partial charge in [0.05, 0.1) is 12.6 Å². The molecule has 5 N–H and O–H groups in total. The van der Waals surface area contributed by atoms with Gasteiger partial charge in [0.2, 0.25) is 17.6 Å². The van der Waals surface area contributed by atoms with Crippen LogP contribution in [0.4, 0.5) is 4.79 Å². The van der Waals surface area contributed by atoms with Gasteiger partial charge in [-0.05, 0) is 66.6 Å². The maximum Gasteiger partial charge on any atom is 0.331 e. The number of primary amides is 1. The van der Waals surface area contributed by atoms with E-state index in [1.807, 2.05) is 20.8 Å². The Labute approximate surface area is 265 Å². The van der Waals surface area contributed by atoms with Crippen molar-refractivity contribution in [3.63, 3.8) is 0 Å². The number of carbonyl (C=O) groups is 6. The first kappa shape index (κ1) is 33.2. The molecule has 0 bridgehead atoms. The Bertz CT molecular complexity index is 1230. The van der Waals surface area contributed by atoms with Crippen LogP contribution in [-0.4, -0.2) is 77.2 Å². The highest BCUT2D eigenvalue weighted by Crippen LogP contribution is 2.65. The number of esters is 1. The lowest BCUT2D eigenvalue weighted by Gasteiger charge is -2.39. The fourth-order valence-corrected chi connectivity index (χ4v) is 7.51. The van der Waals surface area contributed by atoms with Crippen molar-refractivity contribution >= 4 is 35.5 Å². The Morgan fingerprint density at radius 3 is 2.11 bits per heavy atom. The van der Waals surface area contributed by atoms with Crippen LogP contribution in [0.5, 0.6) is 0 Å². The minimum Gasteiger partial charge on any atom is -0.464 e. The number of Topliss-reactive ketones (excluding diaryl/α,β-unsaturated/α-hetero) is 1. The molecule has 1 unspecified atom stereocenters. The smallest absolute Gasteiger partial charge is 0.331 e. The van der Waals surface area contributed by atoms with Crippen LogP contribution < -0.4 is 21.7 Å². The Morgan fingerprint density at radius 1 is 0.933 bits per heavy atom. The van der Waals surface area contributed by atoms with Gasteiger partial charge in [0, 0.05) is 6.54 Å². The van der Waals surface area contributed by atoms with Gasteiger partial charge in [0.25, 0.3) is 5.91 Å². The van der Waals surface area contributed by atoms with E-state index in [4.69, 9.17) is 10.5 Å². The highest BCUT2D eigenvalue weighted by atomic mass is 16.5. The molecule has 1 saturated heterocycles. The van der Waals surface area contributed by atoms with Crippen molar-refractivity contribution in [2.75, 3.05) is 13.2 Å². The molecule has 5 fully saturated rings. The minimum atomic E-state index is -1.14. The van der Waals surface area contributed by atoms with Crippen molar-refractivity contribution < 1.29 is 33.5 Å². The largest absolute Gasteiger partial charge is 0.464 e. The summed E-state index contributed by atoms with van der Waals surface area (Å²) in [7, 11) is 0. The Hall–Kier alpha value is -3.18. The number of nitrogens with zero attached hydrogens (tertiary/aromatic N) is 1. The molecule has 0 aromatic carbocycles. The lowest BCUT2D eigenvalue weighted by atomic mass is 9.81. The second-order valence-corrected chi connectivity index (χ2v) is 15.9. The third kappa shape index (κ3) is 7.14. The molecule has 0 aromatic rings. The van der Waals surface area contributed by atoms with Gasteiger partial charge in [-0.15, -0.1) is 0 Å². The molecule has 5 atom stereocenters. The van der Waals surface area contributed by atoms with Crippen LogP contribution in [0.1, 0.15) is 98.8 Å². The zero-order valence-corrected chi connectivity index (χ0v) is 27.4. The topological polar surface area (TPSA) is 177 Å². The zero-order chi connectivity index (χ0) is 32.9. The second kappa shape index (κ2) is 12.2. The number of amides is 5. The molecule has 5 amide bonds. The molecule has 1 heterocycles. The van der Waals surface area contributed by atoms with Gasteiger partial charge < -0.3 is 31.3 Å². The molecule has 5 rings (SSSR count). The van der Waals surface area contributed by atoms with E-state index in [0.717, 1.165) is 44.9 Å². The van der Waals surface area contributed by atoms with E-state index in [2.05, 4.69) is 29.8 Å². The first-order valence-electron chi connectivity index (χ1n) is 16.8. The summed E-state index contributed by atoms with van der Waals surface area (Å²) in [5.41, 5.74) is 3.23. The molecule has 45 heavy (non-hydrogen) atoms. The number of piperidine rings is 1. The highest BCUT2D eigenvalue weighted by molar-refractivity contribution is 6.37. The van der Waals surface area contributed by atoms with Crippen molar-refractivity contribution in [2.24, 2.45) is 40.2 Å². The van der Waals surface area contributed by atoms with E-state index in [-0.39, 0.29) is 23.2 Å². The molecular formula is C33H51N5O7. The quantitative estimate of drug-likeness (QED) is 0.189. The average molecular weight is 630 g/mol. The summed E-state index contributed by atoms with van der Waals surface area (Å²) in [6, 6.07) is -3.53. The summed E-state index contributed by atoms with van der Waals surface area (Å²) in [4.78, 5) is 80.9. The first-order valence-corrected chi connectivity index (χ1v) is 16.8. The van der Waals surface area contributed by atoms with Gasteiger partial charge in [-0.25, -0.2) is 9.59 Å². The maximum absolute atomic E-state index is 14.3. The summed E-state index contributed by atoms with van der Waals surface area (Å²) >= 11 is 0. The van der Waals surface area contributed by atoms with Gasteiger partial charge in [-0.1, -0.05) is 66.7 Å². The van der Waals surface area contributed by atoms with E-state index < -0.39 is 64.6 Å². The summed E-state index contributed by atoms with van der Waals surface area (Å²) in [5, 5.41) is 8.54. The summed E-state index contributed by atoms with van der Waals surface area (Å²) in [5.74, 6) is -2.67. The monoisotopic (exact) mass is 629 g/mol. The van der Waals surface area contributed by atoms with E-state index in [1.165, 1.54) is 4.90 Å². The van der Waals surface area contributed by atoms with Crippen LogP contribution in [0.2, 0.25) is 0 Å². The molecule has 12 nitrogen and oxygen atoms in total. The fraction of sp³-hybridized carbons (Fsp3) is 0.818. The molecule has 0 spiro atoms. The number of urea groups is 1. The molecular weight excluding hydrogens is 578 g/mol. The highest BCUT2D eigenvalue weighted by Gasteiger charge is 2.70. The number of nitrogens with two attached hydrogens (primary N) is 1. The number of nitrogens with one attached hydrogen (secondary N) is 3. The van der Waals surface area contributed by atoms with Gasteiger partial charge >= 0.3 is 12.0 Å². The zero-order valence-electron chi connectivity index (χ0n) is 27.4. The summed E-state index contributed by atoms with van der Waals surface area (Å²) in [6.45, 7) is 10.3. The van der Waals surface area contributed by atoms with Crippen LogP contribution >= 0.6 is 0 Å². The normalized spacial score (nSPS) is 27.8. The standard InChI is InChI=1S/C33H51N5O7/c1-31(2,3)25(36-30(44)37-33(13-7-6-8-14-33)29(43)45-17-19-11-12-19)28(42)38-16-20-22(32(20,4)5)23(38)27(41)35-21(15-18-9-10-18)24(39)26(34)40/h18-23,25H,6-17H2,1-5H3,(H2,34,40)(H,35,41)(H2,36,37,44)/t20-,21?,22-,23-,25+/m0/s1. The second-order valence-electron chi connectivity index (χ2n) is 15.9. The van der Waals surface area contributed by atoms with E-state index in [1.54, 1.807) is 0 Å². The van der Waals surface area contributed by atoms with Crippen molar-refractivity contribution in [2.45, 2.75) is 122 Å². The Kier molecular flexibility index (Phi) is 9.00. The number of ether oxygens (including phenoxy) is 1. The maximum atomic E-state index is 14.3. The van der Waals surface area contributed by atoms with Crippen LogP contribution in [0.25, 0.3) is 0 Å². The number of hydrogen-bond donors (Lipinski definition) is 4. The average Bonchev–Trinajstić information content (AvgIpc) is 3.92. The lowest BCUT2D eigenvalue weighted by molar-refractivity contribution is -0.153. The Morgan fingerprint density at radius 2 is 1.56 bits per heavy atom. The molecule has 4 aliphatic carbocycles. The van der Waals surface area contributed by atoms with Gasteiger partial charge in [-0.2, -0.15) is 0 Å². The molecule has 0 aromatic heterocycles. The van der Waals surface area contributed by atoms with Crippen LogP contribution in [0.3, 0.4) is 0 Å². The van der Waals surface area contributed by atoms with Crippen LogP contribution in [0.15, 0.2) is 0 Å². The third-order valence-corrected chi connectivity index (χ3v) is 10.9. The Balaban J connectivity index is 1.32. The number of likely N-dealkylation sites (tertiary alicyclic amines) is 1. The van der Waals surface area contributed by atoms with Gasteiger partial charge in [0.1, 0.15) is 17.6 Å². The van der Waals surface area contributed by atoms with E-state index in [0.29, 0.717) is 38.3 Å². The first-order chi connectivity index (χ1) is 21.0. The van der Waals surface area contributed by atoms with Gasteiger partial charge in [-0.3, -0.25) is 19.2 Å². The SMILES string of the molecule is CC(C)(C)[C@H](NC(=O)NC1(C(=O)OCC2CC2)CCCCC1)C(=O)N1C[C@H]2[C@@H]([C@H]1C(=O)NC(CC1CC1)C(=O)C(N)=O)C2(C)C. The number of fused-ring (bicyclic) bond motifs is 1. The fourth-order valence-electron chi connectivity index (χ4n) is 7.51. The molecule has 4 saturated carbocycles. The predicted molar refractivity (Wildman–Crippen MR) is 164 cm³/mol. The summed E-state index contributed by atoms with van der Waals surface area (Å²) < 4.78 is 5.62. The molecule has 0 radical (unpaired) electrons. The number of rotatable bonds is 12. The van der Waals surface area contributed by atoms with Crippen LogP contribution in [-0.2, 0) is 28.7 Å². The van der Waals surface area contributed by atoms with Crippen molar-refractivity contribution in [1.82, 2.24) is 20.9 Å². The number of carbonyl (C=O) groups excluding carboxylic acids is 6. The van der Waals surface area contributed by atoms with E-state index >= 15 is 0 Å². The van der Waals surface area contributed by atoms with Crippen LogP contribution in [0, 0.1) is 34.5 Å². The molecule has 5 aliphatic rings. The number of ketones is 1. The van der Waals surface area contributed by atoms with E-state index in [9.17, 15) is 28.8 Å². The predicted octanol–water partition coefficient (Wildman–Crippen LogP) is 2.18. The molecule has 250 valence electrons. The minimum absolute atomic E-state index is 0.0760. The molecule has 1 aliphatic heterocycles. The van der Waals surface area contributed by atoms with Crippen molar-refractivity contribution in [3.05, 3.63) is 0 Å². The third-order valence-electron chi connectivity index (χ3n) is 10.9. The van der Waals surface area contributed by atoms with Crippen molar-refractivity contribution in [3.8, 4) is 0 Å². The lowest BCUT2D eigenvalue weighted by Crippen LogP contribution is -2.64.